The summed E-state index contributed by atoms with van der Waals surface area (Å²) in [5.74, 6) is 0. The SMILES string of the molecule is CCc1cc2cc[nH]c2cn1. The van der Waals surface area contributed by atoms with E-state index in [9.17, 15) is 0 Å². The summed E-state index contributed by atoms with van der Waals surface area (Å²) in [6.07, 6.45) is 4.82. The molecular formula is C9H10N2. The number of fused-ring (bicyclic) bond motifs is 1. The third kappa shape index (κ3) is 1.00. The molecule has 2 heterocycles. The fraction of sp³-hybridized carbons (Fsp3) is 0.222. The van der Waals surface area contributed by atoms with E-state index in [4.69, 9.17) is 0 Å². The lowest BCUT2D eigenvalue weighted by Crippen LogP contribution is -1.84. The second-order valence-corrected chi connectivity index (χ2v) is 2.59. The predicted molar refractivity (Wildman–Crippen MR) is 45.5 cm³/mol. The van der Waals surface area contributed by atoms with Crippen LogP contribution < -0.4 is 0 Å². The molecule has 2 aromatic heterocycles. The number of rotatable bonds is 1. The second kappa shape index (κ2) is 2.38. The number of nitrogens with zero attached hydrogens (tertiary/aromatic N) is 1. The fourth-order valence-corrected chi connectivity index (χ4v) is 1.19. The zero-order valence-corrected chi connectivity index (χ0v) is 6.46. The number of aromatic amines is 1. The van der Waals surface area contributed by atoms with Crippen LogP contribution in [0.5, 0.6) is 0 Å². The van der Waals surface area contributed by atoms with Gasteiger partial charge in [0, 0.05) is 17.3 Å². The van der Waals surface area contributed by atoms with E-state index in [1.807, 2.05) is 12.4 Å². The molecule has 56 valence electrons. The number of aryl methyl sites for hydroxylation is 1. The third-order valence-electron chi connectivity index (χ3n) is 1.86. The van der Waals surface area contributed by atoms with Crippen molar-refractivity contribution < 1.29 is 0 Å². The summed E-state index contributed by atoms with van der Waals surface area (Å²) in [5.41, 5.74) is 2.26. The predicted octanol–water partition coefficient (Wildman–Crippen LogP) is 2.13. The Balaban J connectivity index is 2.67. The summed E-state index contributed by atoms with van der Waals surface area (Å²) in [7, 11) is 0. The summed E-state index contributed by atoms with van der Waals surface area (Å²) < 4.78 is 0. The molecule has 0 spiro atoms. The number of pyridine rings is 1. The minimum atomic E-state index is 1.00. The Morgan fingerprint density at radius 3 is 3.27 bits per heavy atom. The van der Waals surface area contributed by atoms with Crippen LogP contribution in [-0.4, -0.2) is 9.97 Å². The van der Waals surface area contributed by atoms with E-state index in [1.165, 1.54) is 5.39 Å². The fourth-order valence-electron chi connectivity index (χ4n) is 1.19. The second-order valence-electron chi connectivity index (χ2n) is 2.59. The maximum atomic E-state index is 4.27. The molecule has 2 rings (SSSR count). The van der Waals surface area contributed by atoms with Crippen molar-refractivity contribution in [3.05, 3.63) is 30.2 Å². The molecule has 0 aromatic carbocycles. The highest BCUT2D eigenvalue weighted by molar-refractivity contribution is 5.78. The van der Waals surface area contributed by atoms with Gasteiger partial charge in [-0.25, -0.2) is 0 Å². The van der Waals surface area contributed by atoms with Gasteiger partial charge in [-0.2, -0.15) is 0 Å². The third-order valence-corrected chi connectivity index (χ3v) is 1.86. The highest BCUT2D eigenvalue weighted by Gasteiger charge is 1.94. The van der Waals surface area contributed by atoms with Gasteiger partial charge in [0.1, 0.15) is 0 Å². The first-order valence-electron chi connectivity index (χ1n) is 3.82. The number of nitrogens with one attached hydrogen (secondary N) is 1. The highest BCUT2D eigenvalue weighted by atomic mass is 14.7. The number of hydrogen-bond donors (Lipinski definition) is 1. The van der Waals surface area contributed by atoms with Crippen LogP contribution in [0.1, 0.15) is 12.6 Å². The van der Waals surface area contributed by atoms with Crippen LogP contribution in [0.4, 0.5) is 0 Å². The van der Waals surface area contributed by atoms with Gasteiger partial charge in [-0.05, 0) is 18.6 Å². The van der Waals surface area contributed by atoms with Crippen LogP contribution >= 0.6 is 0 Å². The molecule has 0 aliphatic carbocycles. The molecule has 2 heteroatoms. The van der Waals surface area contributed by atoms with Crippen LogP contribution in [0, 0.1) is 0 Å². The lowest BCUT2D eigenvalue weighted by Gasteiger charge is -1.93. The Kier molecular flexibility index (Phi) is 1.39. The van der Waals surface area contributed by atoms with E-state index in [0.29, 0.717) is 0 Å². The molecule has 0 saturated carbocycles. The molecule has 0 aliphatic heterocycles. The van der Waals surface area contributed by atoms with Crippen LogP contribution in [0.3, 0.4) is 0 Å². The van der Waals surface area contributed by atoms with Crippen molar-refractivity contribution in [2.75, 3.05) is 0 Å². The largest absolute Gasteiger partial charge is 0.360 e. The topological polar surface area (TPSA) is 28.7 Å². The van der Waals surface area contributed by atoms with Gasteiger partial charge in [-0.15, -0.1) is 0 Å². The van der Waals surface area contributed by atoms with Crippen LogP contribution in [0.2, 0.25) is 0 Å². The molecule has 0 bridgehead atoms. The normalized spacial score (nSPS) is 10.6. The first kappa shape index (κ1) is 6.40. The van der Waals surface area contributed by atoms with Crippen LogP contribution in [-0.2, 0) is 6.42 Å². The molecule has 1 N–H and O–H groups in total. The maximum Gasteiger partial charge on any atom is 0.0640 e. The van der Waals surface area contributed by atoms with Crippen LogP contribution in [0.25, 0.3) is 10.9 Å². The Morgan fingerprint density at radius 2 is 2.45 bits per heavy atom. The van der Waals surface area contributed by atoms with E-state index < -0.39 is 0 Å². The first-order valence-corrected chi connectivity index (χ1v) is 3.82. The smallest absolute Gasteiger partial charge is 0.0640 e. The Morgan fingerprint density at radius 1 is 1.55 bits per heavy atom. The van der Waals surface area contributed by atoms with E-state index in [2.05, 4.69) is 29.0 Å². The maximum absolute atomic E-state index is 4.27. The molecule has 2 aromatic rings. The summed E-state index contributed by atoms with van der Waals surface area (Å²) in [5, 5.41) is 1.25. The van der Waals surface area contributed by atoms with Gasteiger partial charge >= 0.3 is 0 Å². The Bertz CT molecular complexity index is 362. The zero-order chi connectivity index (χ0) is 7.68. The van der Waals surface area contributed by atoms with Gasteiger partial charge in [0.2, 0.25) is 0 Å². The van der Waals surface area contributed by atoms with E-state index in [0.717, 1.165) is 17.6 Å². The van der Waals surface area contributed by atoms with Crippen molar-refractivity contribution >= 4 is 10.9 Å². The number of hydrogen-bond acceptors (Lipinski definition) is 1. The molecule has 0 radical (unpaired) electrons. The Labute approximate surface area is 65.3 Å². The molecule has 0 atom stereocenters. The number of H-pyrrole nitrogens is 1. The molecular weight excluding hydrogens is 136 g/mol. The first-order chi connectivity index (χ1) is 5.40. The van der Waals surface area contributed by atoms with Crippen molar-refractivity contribution in [3.63, 3.8) is 0 Å². The van der Waals surface area contributed by atoms with Crippen molar-refractivity contribution in [2.24, 2.45) is 0 Å². The molecule has 0 unspecified atom stereocenters. The summed E-state index contributed by atoms with van der Waals surface area (Å²) in [6, 6.07) is 4.18. The van der Waals surface area contributed by atoms with Gasteiger partial charge in [-0.3, -0.25) is 4.98 Å². The van der Waals surface area contributed by atoms with Gasteiger partial charge in [-0.1, -0.05) is 6.92 Å². The lowest BCUT2D eigenvalue weighted by atomic mass is 10.2. The van der Waals surface area contributed by atoms with E-state index in [-0.39, 0.29) is 0 Å². The average molecular weight is 146 g/mol. The number of aromatic nitrogens is 2. The molecule has 0 saturated heterocycles. The summed E-state index contributed by atoms with van der Waals surface area (Å²) >= 11 is 0. The minimum Gasteiger partial charge on any atom is -0.360 e. The zero-order valence-electron chi connectivity index (χ0n) is 6.46. The molecule has 11 heavy (non-hydrogen) atoms. The van der Waals surface area contributed by atoms with Gasteiger partial charge < -0.3 is 4.98 Å². The van der Waals surface area contributed by atoms with E-state index >= 15 is 0 Å². The highest BCUT2D eigenvalue weighted by Crippen LogP contribution is 2.11. The Hall–Kier alpha value is -1.31. The quantitative estimate of drug-likeness (QED) is 0.656. The van der Waals surface area contributed by atoms with E-state index in [1.54, 1.807) is 0 Å². The summed E-state index contributed by atoms with van der Waals surface area (Å²) in [4.78, 5) is 7.37. The monoisotopic (exact) mass is 146 g/mol. The van der Waals surface area contributed by atoms with Crippen molar-refractivity contribution in [2.45, 2.75) is 13.3 Å². The standard InChI is InChI=1S/C9H10N2/c1-2-8-5-7-3-4-10-9(7)6-11-8/h3-6,10H,2H2,1H3. The van der Waals surface area contributed by atoms with Crippen LogP contribution in [0.15, 0.2) is 24.5 Å². The molecule has 2 nitrogen and oxygen atoms in total. The molecule has 0 aliphatic rings. The molecule has 0 fully saturated rings. The molecule has 0 amide bonds. The van der Waals surface area contributed by atoms with Crippen molar-refractivity contribution in [1.29, 1.82) is 0 Å². The lowest BCUT2D eigenvalue weighted by molar-refractivity contribution is 1.04. The summed E-state index contributed by atoms with van der Waals surface area (Å²) in [6.45, 7) is 2.11. The van der Waals surface area contributed by atoms with Gasteiger partial charge in [0.25, 0.3) is 0 Å². The van der Waals surface area contributed by atoms with Crippen molar-refractivity contribution in [3.8, 4) is 0 Å². The minimum absolute atomic E-state index is 1.00. The van der Waals surface area contributed by atoms with Crippen molar-refractivity contribution in [1.82, 2.24) is 9.97 Å². The average Bonchev–Trinajstić information content (AvgIpc) is 2.50. The van der Waals surface area contributed by atoms with Gasteiger partial charge in [0.15, 0.2) is 0 Å². The van der Waals surface area contributed by atoms with Gasteiger partial charge in [0.05, 0.1) is 11.7 Å².